The van der Waals surface area contributed by atoms with Crippen LogP contribution in [0.1, 0.15) is 21.5 Å². The van der Waals surface area contributed by atoms with E-state index in [1.54, 1.807) is 13.0 Å². The molecule has 110 valence electrons. The number of methoxy groups -OCH3 is 1. The highest BCUT2D eigenvalue weighted by Gasteiger charge is 2.34. The molecule has 5 heteroatoms. The van der Waals surface area contributed by atoms with Crippen LogP contribution in [0.25, 0.3) is 11.1 Å². The monoisotopic (exact) mass is 294 g/mol. The molecule has 0 saturated heterocycles. The zero-order valence-electron chi connectivity index (χ0n) is 11.5. The molecule has 2 rings (SSSR count). The normalized spacial score (nSPS) is 11.3. The molecular weight excluding hydrogens is 281 g/mol. The minimum atomic E-state index is -4.48. The van der Waals surface area contributed by atoms with E-state index in [0.717, 1.165) is 6.07 Å². The molecule has 0 aliphatic heterocycles. The predicted molar refractivity (Wildman–Crippen MR) is 73.6 cm³/mol. The fourth-order valence-electron chi connectivity index (χ4n) is 2.26. The maximum Gasteiger partial charge on any atom is 0.417 e. The molecular formula is C16H13F3O2. The smallest absolute Gasteiger partial charge is 0.417 e. The fraction of sp³-hybridized carbons (Fsp3) is 0.188. The van der Waals surface area contributed by atoms with Crippen molar-refractivity contribution >= 4 is 6.29 Å². The lowest BCUT2D eigenvalue weighted by Crippen LogP contribution is -2.08. The van der Waals surface area contributed by atoms with Crippen molar-refractivity contribution in [2.45, 2.75) is 13.1 Å². The summed E-state index contributed by atoms with van der Waals surface area (Å²) in [5.74, 6) is 0.292. The lowest BCUT2D eigenvalue weighted by atomic mass is 9.93. The number of benzene rings is 2. The van der Waals surface area contributed by atoms with Gasteiger partial charge in [0.2, 0.25) is 0 Å². The largest absolute Gasteiger partial charge is 0.496 e. The molecule has 0 N–H and O–H groups in total. The van der Waals surface area contributed by atoms with E-state index >= 15 is 0 Å². The van der Waals surface area contributed by atoms with Gasteiger partial charge in [0, 0.05) is 16.7 Å². The van der Waals surface area contributed by atoms with E-state index in [-0.39, 0.29) is 11.1 Å². The maximum atomic E-state index is 13.2. The molecule has 0 heterocycles. The van der Waals surface area contributed by atoms with Crippen molar-refractivity contribution in [2.75, 3.05) is 7.11 Å². The van der Waals surface area contributed by atoms with Crippen molar-refractivity contribution in [1.29, 1.82) is 0 Å². The van der Waals surface area contributed by atoms with Gasteiger partial charge in [0.15, 0.2) is 0 Å². The molecule has 0 spiro atoms. The Hall–Kier alpha value is -2.30. The van der Waals surface area contributed by atoms with Crippen LogP contribution in [0.3, 0.4) is 0 Å². The van der Waals surface area contributed by atoms with Gasteiger partial charge in [0.25, 0.3) is 0 Å². The third-order valence-corrected chi connectivity index (χ3v) is 3.21. The second-order valence-corrected chi connectivity index (χ2v) is 4.57. The van der Waals surface area contributed by atoms with Crippen molar-refractivity contribution in [3.63, 3.8) is 0 Å². The Morgan fingerprint density at radius 2 is 1.86 bits per heavy atom. The third-order valence-electron chi connectivity index (χ3n) is 3.21. The van der Waals surface area contributed by atoms with Gasteiger partial charge in [0.05, 0.1) is 12.7 Å². The number of alkyl halides is 3. The SMILES string of the molecule is COc1ccc(C=O)cc1-c1c(C)cccc1C(F)(F)F. The topological polar surface area (TPSA) is 26.3 Å². The Kier molecular flexibility index (Phi) is 4.02. The molecule has 0 fully saturated rings. The number of hydrogen-bond donors (Lipinski definition) is 0. The number of aryl methyl sites for hydroxylation is 1. The number of rotatable bonds is 3. The summed E-state index contributed by atoms with van der Waals surface area (Å²) < 4.78 is 44.8. The van der Waals surface area contributed by atoms with Gasteiger partial charge in [-0.1, -0.05) is 12.1 Å². The van der Waals surface area contributed by atoms with Crippen LogP contribution >= 0.6 is 0 Å². The first-order chi connectivity index (χ1) is 9.88. The molecule has 0 radical (unpaired) electrons. The Morgan fingerprint density at radius 1 is 1.14 bits per heavy atom. The molecule has 21 heavy (non-hydrogen) atoms. The quantitative estimate of drug-likeness (QED) is 0.779. The predicted octanol–water partition coefficient (Wildman–Crippen LogP) is 4.50. The molecule has 0 bridgehead atoms. The van der Waals surface area contributed by atoms with Crippen LogP contribution in [0.15, 0.2) is 36.4 Å². The van der Waals surface area contributed by atoms with Gasteiger partial charge in [-0.15, -0.1) is 0 Å². The molecule has 0 aromatic heterocycles. The van der Waals surface area contributed by atoms with E-state index in [1.165, 1.54) is 31.4 Å². The molecule has 2 aromatic rings. The van der Waals surface area contributed by atoms with Crippen molar-refractivity contribution in [3.8, 4) is 16.9 Å². The van der Waals surface area contributed by atoms with E-state index in [2.05, 4.69) is 0 Å². The average molecular weight is 294 g/mol. The van der Waals surface area contributed by atoms with Crippen molar-refractivity contribution in [3.05, 3.63) is 53.1 Å². The fourth-order valence-corrected chi connectivity index (χ4v) is 2.26. The lowest BCUT2D eigenvalue weighted by molar-refractivity contribution is -0.137. The number of aldehydes is 1. The molecule has 0 amide bonds. The van der Waals surface area contributed by atoms with Gasteiger partial charge in [-0.05, 0) is 36.8 Å². The van der Waals surface area contributed by atoms with Crippen LogP contribution in [0.4, 0.5) is 13.2 Å². The number of halogens is 3. The second kappa shape index (κ2) is 5.60. The van der Waals surface area contributed by atoms with Crippen LogP contribution < -0.4 is 4.74 Å². The summed E-state index contributed by atoms with van der Waals surface area (Å²) in [6.45, 7) is 1.59. The first-order valence-corrected chi connectivity index (χ1v) is 6.19. The highest BCUT2D eigenvalue weighted by atomic mass is 19.4. The highest BCUT2D eigenvalue weighted by Crippen LogP contribution is 2.42. The van der Waals surface area contributed by atoms with Crippen LogP contribution in [0.2, 0.25) is 0 Å². The molecule has 0 saturated carbocycles. The van der Waals surface area contributed by atoms with Crippen molar-refractivity contribution in [1.82, 2.24) is 0 Å². The Morgan fingerprint density at radius 3 is 2.43 bits per heavy atom. The Labute approximate surface area is 120 Å². The van der Waals surface area contributed by atoms with E-state index < -0.39 is 11.7 Å². The number of carbonyl (C=O) groups is 1. The lowest BCUT2D eigenvalue weighted by Gasteiger charge is -2.18. The van der Waals surface area contributed by atoms with Crippen LogP contribution in [-0.2, 0) is 6.18 Å². The first-order valence-electron chi connectivity index (χ1n) is 6.19. The minimum Gasteiger partial charge on any atom is -0.496 e. The van der Waals surface area contributed by atoms with Crippen LogP contribution in [0.5, 0.6) is 5.75 Å². The van der Waals surface area contributed by atoms with Gasteiger partial charge in [-0.25, -0.2) is 0 Å². The summed E-state index contributed by atoms with van der Waals surface area (Å²) in [5, 5.41) is 0. The Balaban J connectivity index is 2.80. The molecule has 0 aliphatic rings. The number of carbonyl (C=O) groups excluding carboxylic acids is 1. The summed E-state index contributed by atoms with van der Waals surface area (Å²) in [7, 11) is 1.38. The average Bonchev–Trinajstić information content (AvgIpc) is 2.45. The zero-order valence-corrected chi connectivity index (χ0v) is 11.5. The number of hydrogen-bond acceptors (Lipinski definition) is 2. The summed E-state index contributed by atoms with van der Waals surface area (Å²) in [4.78, 5) is 10.9. The van der Waals surface area contributed by atoms with E-state index in [4.69, 9.17) is 4.74 Å². The van der Waals surface area contributed by atoms with Crippen molar-refractivity contribution in [2.24, 2.45) is 0 Å². The van der Waals surface area contributed by atoms with Crippen molar-refractivity contribution < 1.29 is 22.7 Å². The van der Waals surface area contributed by atoms with Crippen LogP contribution in [-0.4, -0.2) is 13.4 Å². The molecule has 0 atom stereocenters. The van der Waals surface area contributed by atoms with Gasteiger partial charge >= 0.3 is 6.18 Å². The zero-order chi connectivity index (χ0) is 15.6. The molecule has 0 aliphatic carbocycles. The van der Waals surface area contributed by atoms with Gasteiger partial charge < -0.3 is 4.74 Å². The van der Waals surface area contributed by atoms with Gasteiger partial charge in [-0.3, -0.25) is 4.79 Å². The summed E-state index contributed by atoms with van der Waals surface area (Å²) >= 11 is 0. The third kappa shape index (κ3) is 2.91. The van der Waals surface area contributed by atoms with E-state index in [9.17, 15) is 18.0 Å². The Bertz CT molecular complexity index is 676. The summed E-state index contributed by atoms with van der Waals surface area (Å²) in [6.07, 6.45) is -3.89. The molecule has 2 nitrogen and oxygen atoms in total. The van der Waals surface area contributed by atoms with Gasteiger partial charge in [0.1, 0.15) is 12.0 Å². The van der Waals surface area contributed by atoms with Crippen LogP contribution in [0, 0.1) is 6.92 Å². The van der Waals surface area contributed by atoms with E-state index in [0.29, 0.717) is 23.2 Å². The first kappa shape index (κ1) is 15.1. The second-order valence-electron chi connectivity index (χ2n) is 4.57. The highest BCUT2D eigenvalue weighted by molar-refractivity contribution is 5.84. The molecule has 2 aromatic carbocycles. The standard InChI is InChI=1S/C16H13F3O2/c1-10-4-3-5-13(16(17,18)19)15(10)12-8-11(9-20)6-7-14(12)21-2/h3-9H,1-2H3. The van der Waals surface area contributed by atoms with Gasteiger partial charge in [-0.2, -0.15) is 13.2 Å². The summed E-state index contributed by atoms with van der Waals surface area (Å²) in [5.41, 5.74) is 0.301. The maximum absolute atomic E-state index is 13.2. The minimum absolute atomic E-state index is 0.0329. The number of ether oxygens (including phenoxy) is 1. The van der Waals surface area contributed by atoms with E-state index in [1.807, 2.05) is 0 Å². The molecule has 0 unspecified atom stereocenters. The summed E-state index contributed by atoms with van der Waals surface area (Å²) in [6, 6.07) is 8.38.